The van der Waals surface area contributed by atoms with Crippen LogP contribution in [0.1, 0.15) is 18.9 Å². The molecule has 0 aromatic heterocycles. The van der Waals surface area contributed by atoms with E-state index >= 15 is 0 Å². The summed E-state index contributed by atoms with van der Waals surface area (Å²) < 4.78 is 10.0. The molecule has 4 heteroatoms. The van der Waals surface area contributed by atoms with Crippen LogP contribution in [0, 0.1) is 11.3 Å². The van der Waals surface area contributed by atoms with E-state index in [4.69, 9.17) is 10.00 Å². The highest BCUT2D eigenvalue weighted by Crippen LogP contribution is 2.15. The number of methoxy groups -OCH3 is 1. The molecule has 0 saturated carbocycles. The average Bonchev–Trinajstić information content (AvgIpc) is 2.28. The Hall–Kier alpha value is -2.02. The molecule has 16 heavy (non-hydrogen) atoms. The van der Waals surface area contributed by atoms with Gasteiger partial charge in [-0.05, 0) is 25.1 Å². The highest BCUT2D eigenvalue weighted by molar-refractivity contribution is 5.69. The van der Waals surface area contributed by atoms with Gasteiger partial charge in [0, 0.05) is 0 Å². The van der Waals surface area contributed by atoms with Crippen molar-refractivity contribution in [2.75, 3.05) is 7.11 Å². The molecular formula is C12H13NO3. The van der Waals surface area contributed by atoms with Crippen molar-refractivity contribution in [1.82, 2.24) is 0 Å². The number of carbonyl (C=O) groups excluding carboxylic acids is 1. The highest BCUT2D eigenvalue weighted by atomic mass is 16.5. The maximum Gasteiger partial charge on any atom is 0.309 e. The fraction of sp³-hybridized carbons (Fsp3) is 0.333. The Morgan fingerprint density at radius 2 is 2.31 bits per heavy atom. The van der Waals surface area contributed by atoms with E-state index in [0.29, 0.717) is 11.3 Å². The Morgan fingerprint density at radius 1 is 1.56 bits per heavy atom. The van der Waals surface area contributed by atoms with Crippen LogP contribution in [0.15, 0.2) is 24.3 Å². The molecule has 0 aliphatic heterocycles. The maximum atomic E-state index is 11.0. The molecule has 84 valence electrons. The molecule has 0 amide bonds. The van der Waals surface area contributed by atoms with Crippen LogP contribution in [-0.4, -0.2) is 19.2 Å². The number of carbonyl (C=O) groups is 1. The molecule has 4 nitrogen and oxygen atoms in total. The van der Waals surface area contributed by atoms with Crippen molar-refractivity contribution in [3.63, 3.8) is 0 Å². The van der Waals surface area contributed by atoms with Gasteiger partial charge in [-0.15, -0.1) is 0 Å². The Bertz CT molecular complexity index is 409. The van der Waals surface area contributed by atoms with E-state index in [0.717, 1.165) is 0 Å². The second-order valence-corrected chi connectivity index (χ2v) is 3.35. The summed E-state index contributed by atoms with van der Waals surface area (Å²) in [7, 11) is 1.34. The van der Waals surface area contributed by atoms with Crippen LogP contribution < -0.4 is 4.74 Å². The summed E-state index contributed by atoms with van der Waals surface area (Å²) in [6, 6.07) is 8.83. The number of hydrogen-bond acceptors (Lipinski definition) is 4. The zero-order valence-electron chi connectivity index (χ0n) is 9.27. The number of ether oxygens (including phenoxy) is 2. The smallest absolute Gasteiger partial charge is 0.309 e. The molecule has 1 aromatic rings. The summed E-state index contributed by atoms with van der Waals surface area (Å²) in [5.41, 5.74) is 0.530. The molecule has 1 unspecified atom stereocenters. The third-order valence-electron chi connectivity index (χ3n) is 1.98. The number of rotatable bonds is 4. The monoisotopic (exact) mass is 219 g/mol. The average molecular weight is 219 g/mol. The predicted molar refractivity (Wildman–Crippen MR) is 57.9 cm³/mol. The quantitative estimate of drug-likeness (QED) is 0.725. The van der Waals surface area contributed by atoms with Gasteiger partial charge in [0.2, 0.25) is 0 Å². The van der Waals surface area contributed by atoms with Gasteiger partial charge in [-0.25, -0.2) is 0 Å². The first kappa shape index (κ1) is 12.1. The van der Waals surface area contributed by atoms with E-state index in [9.17, 15) is 4.79 Å². The second kappa shape index (κ2) is 5.76. The molecule has 0 N–H and O–H groups in total. The number of nitriles is 1. The maximum absolute atomic E-state index is 11.0. The number of nitrogens with zero attached hydrogens (tertiary/aromatic N) is 1. The Balaban J connectivity index is 2.59. The summed E-state index contributed by atoms with van der Waals surface area (Å²) in [5.74, 6) is 0.263. The summed E-state index contributed by atoms with van der Waals surface area (Å²) in [6.07, 6.45) is -0.0887. The second-order valence-electron chi connectivity index (χ2n) is 3.35. The lowest BCUT2D eigenvalue weighted by atomic mass is 10.2. The first-order chi connectivity index (χ1) is 7.65. The SMILES string of the molecule is COC(=O)CC(C)Oc1cccc(C#N)c1. The molecule has 0 radical (unpaired) electrons. The van der Waals surface area contributed by atoms with E-state index < -0.39 is 0 Å². The predicted octanol–water partition coefficient (Wildman–Crippen LogP) is 1.89. The van der Waals surface area contributed by atoms with Crippen molar-refractivity contribution < 1.29 is 14.3 Å². The van der Waals surface area contributed by atoms with Crippen molar-refractivity contribution in [1.29, 1.82) is 5.26 Å². The highest BCUT2D eigenvalue weighted by Gasteiger charge is 2.10. The van der Waals surface area contributed by atoms with Gasteiger partial charge in [-0.2, -0.15) is 5.26 Å². The van der Waals surface area contributed by atoms with Gasteiger partial charge in [-0.3, -0.25) is 4.79 Å². The van der Waals surface area contributed by atoms with Gasteiger partial charge in [0.25, 0.3) is 0 Å². The van der Waals surface area contributed by atoms with Crippen LogP contribution in [0.3, 0.4) is 0 Å². The minimum Gasteiger partial charge on any atom is -0.490 e. The van der Waals surface area contributed by atoms with Crippen molar-refractivity contribution in [3.05, 3.63) is 29.8 Å². The minimum absolute atomic E-state index is 0.188. The molecule has 0 spiro atoms. The third kappa shape index (κ3) is 3.62. The molecule has 1 aromatic carbocycles. The Labute approximate surface area is 94.4 Å². The van der Waals surface area contributed by atoms with Gasteiger partial charge >= 0.3 is 5.97 Å². The zero-order valence-corrected chi connectivity index (χ0v) is 9.27. The Kier molecular flexibility index (Phi) is 4.34. The summed E-state index contributed by atoms with van der Waals surface area (Å²) >= 11 is 0. The molecule has 0 heterocycles. The van der Waals surface area contributed by atoms with Gasteiger partial charge < -0.3 is 9.47 Å². The summed E-state index contributed by atoms with van der Waals surface area (Å²) in [5, 5.41) is 8.70. The zero-order chi connectivity index (χ0) is 12.0. The molecule has 0 aliphatic carbocycles. The molecule has 1 rings (SSSR count). The van der Waals surface area contributed by atoms with Gasteiger partial charge in [0.05, 0.1) is 25.2 Å². The molecule has 0 aliphatic rings. The van der Waals surface area contributed by atoms with Crippen LogP contribution >= 0.6 is 0 Å². The topological polar surface area (TPSA) is 59.3 Å². The lowest BCUT2D eigenvalue weighted by molar-refractivity contribution is -0.142. The molecule has 0 fully saturated rings. The van der Waals surface area contributed by atoms with Gasteiger partial charge in [-0.1, -0.05) is 6.07 Å². The molecule has 0 bridgehead atoms. The van der Waals surface area contributed by atoms with Gasteiger partial charge in [0.1, 0.15) is 11.9 Å². The summed E-state index contributed by atoms with van der Waals surface area (Å²) in [4.78, 5) is 11.0. The van der Waals surface area contributed by atoms with Crippen molar-refractivity contribution in [3.8, 4) is 11.8 Å². The van der Waals surface area contributed by atoms with Crippen molar-refractivity contribution >= 4 is 5.97 Å². The van der Waals surface area contributed by atoms with Crippen molar-refractivity contribution in [2.45, 2.75) is 19.4 Å². The lowest BCUT2D eigenvalue weighted by Gasteiger charge is -2.13. The fourth-order valence-corrected chi connectivity index (χ4v) is 1.23. The van der Waals surface area contributed by atoms with E-state index in [1.165, 1.54) is 7.11 Å². The van der Waals surface area contributed by atoms with Gasteiger partial charge in [0.15, 0.2) is 0 Å². The standard InChI is InChI=1S/C12H13NO3/c1-9(6-12(14)15-2)16-11-5-3-4-10(7-11)8-13/h3-5,7,9H,6H2,1-2H3. The largest absolute Gasteiger partial charge is 0.490 e. The van der Waals surface area contributed by atoms with Crippen LogP contribution in [0.2, 0.25) is 0 Å². The van der Waals surface area contributed by atoms with Crippen LogP contribution in [0.25, 0.3) is 0 Å². The van der Waals surface area contributed by atoms with Crippen LogP contribution in [0.4, 0.5) is 0 Å². The fourth-order valence-electron chi connectivity index (χ4n) is 1.23. The number of benzene rings is 1. The lowest BCUT2D eigenvalue weighted by Crippen LogP contribution is -2.17. The number of esters is 1. The molecular weight excluding hydrogens is 206 g/mol. The summed E-state index contributed by atoms with van der Waals surface area (Å²) in [6.45, 7) is 1.77. The normalized spacial score (nSPS) is 11.3. The molecule has 1 atom stereocenters. The van der Waals surface area contributed by atoms with Crippen LogP contribution in [-0.2, 0) is 9.53 Å². The van der Waals surface area contributed by atoms with E-state index in [1.54, 1.807) is 31.2 Å². The third-order valence-corrected chi connectivity index (χ3v) is 1.98. The first-order valence-electron chi connectivity index (χ1n) is 4.89. The van der Waals surface area contributed by atoms with E-state index in [-0.39, 0.29) is 18.5 Å². The number of hydrogen-bond donors (Lipinski definition) is 0. The van der Waals surface area contributed by atoms with E-state index in [1.807, 2.05) is 6.07 Å². The first-order valence-corrected chi connectivity index (χ1v) is 4.89. The van der Waals surface area contributed by atoms with Crippen LogP contribution in [0.5, 0.6) is 5.75 Å². The van der Waals surface area contributed by atoms with E-state index in [2.05, 4.69) is 4.74 Å². The van der Waals surface area contributed by atoms with Crippen molar-refractivity contribution in [2.24, 2.45) is 0 Å². The minimum atomic E-state index is -0.316. The molecule has 0 saturated heterocycles. The Morgan fingerprint density at radius 3 is 2.94 bits per heavy atom.